The molecule has 0 radical (unpaired) electrons. The molecule has 2 heterocycles. The van der Waals surface area contributed by atoms with Gasteiger partial charge in [-0.3, -0.25) is 14.4 Å². The Morgan fingerprint density at radius 3 is 2.53 bits per heavy atom. The van der Waals surface area contributed by atoms with Gasteiger partial charge in [-0.2, -0.15) is 0 Å². The fraction of sp³-hybridized carbons (Fsp3) is 0.500. The van der Waals surface area contributed by atoms with E-state index in [2.05, 4.69) is 0 Å². The molecule has 9 nitrogen and oxygen atoms in total. The number of hydrogen-bond acceptors (Lipinski definition) is 7. The standard InChI is InChI=1S/C20H25N3O6S/c1-20(2)15(19(28)29-10-11-7-5-4-6-8-11)23-16(26)13(18(23)30-20)14(25)17(27)22(3)9-12(21)24/h4-8,13-15,18,25H,9-10H2,1-3H3,(H2,21,24)/t13-,14+,15+,18-/m1/s1. The number of nitrogens with zero attached hydrogens (tertiary/aromatic N) is 2. The molecule has 3 amide bonds. The van der Waals surface area contributed by atoms with Gasteiger partial charge in [0.2, 0.25) is 11.8 Å². The maximum absolute atomic E-state index is 12.8. The number of carbonyl (C=O) groups excluding carboxylic acids is 4. The van der Waals surface area contributed by atoms with Gasteiger partial charge in [-0.15, -0.1) is 11.8 Å². The van der Waals surface area contributed by atoms with Crippen molar-refractivity contribution in [2.75, 3.05) is 13.6 Å². The summed E-state index contributed by atoms with van der Waals surface area (Å²) in [6.45, 7) is 3.37. The first-order valence-electron chi connectivity index (χ1n) is 9.46. The Kier molecular flexibility index (Phi) is 6.09. The summed E-state index contributed by atoms with van der Waals surface area (Å²) in [6, 6.07) is 8.38. The Balaban J connectivity index is 1.69. The van der Waals surface area contributed by atoms with Crippen LogP contribution >= 0.6 is 11.8 Å². The number of likely N-dealkylation sites (N-methyl/N-ethyl adjacent to an activating group) is 1. The minimum atomic E-state index is -1.62. The maximum atomic E-state index is 12.8. The Labute approximate surface area is 178 Å². The molecule has 0 bridgehead atoms. The molecule has 1 aromatic rings. The maximum Gasteiger partial charge on any atom is 0.330 e. The molecular formula is C20H25N3O6S. The number of carbonyl (C=O) groups is 4. The van der Waals surface area contributed by atoms with Crippen LogP contribution in [0.4, 0.5) is 0 Å². The van der Waals surface area contributed by atoms with Gasteiger partial charge >= 0.3 is 5.97 Å². The van der Waals surface area contributed by atoms with Gasteiger partial charge < -0.3 is 25.4 Å². The van der Waals surface area contributed by atoms with E-state index in [0.717, 1.165) is 10.5 Å². The Morgan fingerprint density at radius 1 is 1.30 bits per heavy atom. The van der Waals surface area contributed by atoms with Gasteiger partial charge in [0.1, 0.15) is 24.7 Å². The van der Waals surface area contributed by atoms with Crippen molar-refractivity contribution in [1.82, 2.24) is 9.80 Å². The zero-order valence-corrected chi connectivity index (χ0v) is 17.8. The third kappa shape index (κ3) is 4.01. The normalized spacial score (nSPS) is 25.1. The van der Waals surface area contributed by atoms with Crippen LogP contribution in [0.2, 0.25) is 0 Å². The average Bonchev–Trinajstić information content (AvgIpc) is 2.93. The Hall–Kier alpha value is -2.59. The van der Waals surface area contributed by atoms with Crippen LogP contribution in [0.25, 0.3) is 0 Å². The fourth-order valence-electron chi connectivity index (χ4n) is 3.81. The van der Waals surface area contributed by atoms with Crippen LogP contribution in [0.15, 0.2) is 30.3 Å². The number of aliphatic hydroxyl groups is 1. The lowest BCUT2D eigenvalue weighted by Crippen LogP contribution is -2.67. The predicted molar refractivity (Wildman–Crippen MR) is 109 cm³/mol. The Bertz CT molecular complexity index is 861. The lowest BCUT2D eigenvalue weighted by Gasteiger charge is -2.45. The monoisotopic (exact) mass is 435 g/mol. The van der Waals surface area contributed by atoms with E-state index < -0.39 is 51.9 Å². The van der Waals surface area contributed by atoms with Crippen molar-refractivity contribution in [3.8, 4) is 0 Å². The van der Waals surface area contributed by atoms with Crippen molar-refractivity contribution >= 4 is 35.5 Å². The van der Waals surface area contributed by atoms with Crippen LogP contribution in [-0.2, 0) is 30.5 Å². The van der Waals surface area contributed by atoms with Gasteiger partial charge in [0.05, 0.1) is 11.9 Å². The van der Waals surface area contributed by atoms with Crippen LogP contribution in [0, 0.1) is 5.92 Å². The highest BCUT2D eigenvalue weighted by atomic mass is 32.2. The number of ether oxygens (including phenoxy) is 1. The molecule has 30 heavy (non-hydrogen) atoms. The van der Waals surface area contributed by atoms with E-state index in [1.54, 1.807) is 0 Å². The van der Waals surface area contributed by atoms with E-state index >= 15 is 0 Å². The fourth-order valence-corrected chi connectivity index (χ4v) is 5.52. The Morgan fingerprint density at radius 2 is 1.93 bits per heavy atom. The second-order valence-electron chi connectivity index (χ2n) is 7.98. The van der Waals surface area contributed by atoms with Crippen molar-refractivity contribution in [3.63, 3.8) is 0 Å². The third-order valence-electron chi connectivity index (χ3n) is 5.29. The van der Waals surface area contributed by atoms with Crippen LogP contribution in [0.3, 0.4) is 0 Å². The molecule has 10 heteroatoms. The highest BCUT2D eigenvalue weighted by Gasteiger charge is 2.66. The van der Waals surface area contributed by atoms with Crippen LogP contribution in [0.5, 0.6) is 0 Å². The van der Waals surface area contributed by atoms with Gasteiger partial charge in [-0.1, -0.05) is 30.3 Å². The van der Waals surface area contributed by atoms with E-state index in [9.17, 15) is 24.3 Å². The smallest absolute Gasteiger partial charge is 0.330 e. The molecule has 1 aromatic carbocycles. The van der Waals surface area contributed by atoms with E-state index in [1.165, 1.54) is 23.7 Å². The van der Waals surface area contributed by atoms with Crippen molar-refractivity contribution < 1.29 is 29.0 Å². The van der Waals surface area contributed by atoms with Crippen molar-refractivity contribution in [2.45, 2.75) is 42.7 Å². The number of hydrogen-bond donors (Lipinski definition) is 2. The SMILES string of the molecule is CN(CC(N)=O)C(=O)[C@@H](O)[C@@H]1C(=O)N2[C@@H]1SC(C)(C)[C@@H]2C(=O)OCc1ccccc1. The number of amides is 3. The lowest BCUT2D eigenvalue weighted by atomic mass is 9.87. The summed E-state index contributed by atoms with van der Waals surface area (Å²) in [5.74, 6) is -3.51. The molecule has 162 valence electrons. The van der Waals surface area contributed by atoms with Crippen molar-refractivity contribution in [2.24, 2.45) is 11.7 Å². The van der Waals surface area contributed by atoms with E-state index in [0.29, 0.717) is 0 Å². The third-order valence-corrected chi connectivity index (χ3v) is 6.88. The molecule has 0 aliphatic carbocycles. The zero-order valence-electron chi connectivity index (χ0n) is 17.0. The van der Waals surface area contributed by atoms with Gasteiger partial charge in [0.15, 0.2) is 0 Å². The number of primary amides is 1. The average molecular weight is 436 g/mol. The molecule has 0 spiro atoms. The number of fused-ring (bicyclic) bond motifs is 1. The molecule has 0 saturated carbocycles. The number of aliphatic hydroxyl groups excluding tert-OH is 1. The summed E-state index contributed by atoms with van der Waals surface area (Å²) in [5, 5.41) is 9.93. The molecule has 2 saturated heterocycles. The van der Waals surface area contributed by atoms with Crippen LogP contribution in [0.1, 0.15) is 19.4 Å². The van der Waals surface area contributed by atoms with Crippen molar-refractivity contribution in [3.05, 3.63) is 35.9 Å². The number of benzene rings is 1. The van der Waals surface area contributed by atoms with Gasteiger partial charge in [0.25, 0.3) is 5.91 Å². The molecule has 2 fully saturated rings. The molecule has 3 rings (SSSR count). The van der Waals surface area contributed by atoms with Gasteiger partial charge in [-0.05, 0) is 19.4 Å². The first-order valence-corrected chi connectivity index (χ1v) is 10.3. The number of esters is 1. The summed E-state index contributed by atoms with van der Waals surface area (Å²) in [7, 11) is 1.33. The second kappa shape index (κ2) is 8.27. The molecule has 4 atom stereocenters. The molecule has 2 aliphatic heterocycles. The lowest BCUT2D eigenvalue weighted by molar-refractivity contribution is -0.175. The first kappa shape index (κ1) is 22.1. The molecule has 0 aromatic heterocycles. The minimum absolute atomic E-state index is 0.0894. The topological polar surface area (TPSA) is 130 Å². The van der Waals surface area contributed by atoms with Crippen LogP contribution in [-0.4, -0.2) is 74.5 Å². The highest BCUT2D eigenvalue weighted by molar-refractivity contribution is 8.01. The molecule has 3 N–H and O–H groups in total. The summed E-state index contributed by atoms with van der Waals surface area (Å²) in [4.78, 5) is 51.4. The van der Waals surface area contributed by atoms with E-state index in [-0.39, 0.29) is 13.2 Å². The first-order chi connectivity index (χ1) is 14.0. The predicted octanol–water partition coefficient (Wildman–Crippen LogP) is -0.287. The summed E-state index contributed by atoms with van der Waals surface area (Å²) in [5.41, 5.74) is 5.91. The number of rotatable bonds is 7. The number of β-lactam (4-membered cyclic amide) rings is 1. The highest BCUT2D eigenvalue weighted by Crippen LogP contribution is 2.54. The van der Waals surface area contributed by atoms with E-state index in [1.807, 2.05) is 44.2 Å². The largest absolute Gasteiger partial charge is 0.459 e. The molecular weight excluding hydrogens is 410 g/mol. The molecule has 0 unspecified atom stereocenters. The summed E-state index contributed by atoms with van der Waals surface area (Å²) < 4.78 is 4.78. The summed E-state index contributed by atoms with van der Waals surface area (Å²) in [6.07, 6.45) is -1.62. The minimum Gasteiger partial charge on any atom is -0.459 e. The number of nitrogens with two attached hydrogens (primary N) is 1. The number of thioether (sulfide) groups is 1. The van der Waals surface area contributed by atoms with Gasteiger partial charge in [0, 0.05) is 11.8 Å². The zero-order chi connectivity index (χ0) is 22.2. The second-order valence-corrected chi connectivity index (χ2v) is 9.76. The van der Waals surface area contributed by atoms with Crippen LogP contribution < -0.4 is 5.73 Å². The summed E-state index contributed by atoms with van der Waals surface area (Å²) >= 11 is 1.34. The molecule has 2 aliphatic rings. The van der Waals surface area contributed by atoms with E-state index in [4.69, 9.17) is 10.5 Å². The quantitative estimate of drug-likeness (QED) is 0.445. The van der Waals surface area contributed by atoms with Gasteiger partial charge in [-0.25, -0.2) is 4.79 Å². The van der Waals surface area contributed by atoms with Crippen molar-refractivity contribution in [1.29, 1.82) is 0 Å².